The molecule has 0 unspecified atom stereocenters. The first-order valence-corrected chi connectivity index (χ1v) is 6.64. The van der Waals surface area contributed by atoms with E-state index in [9.17, 15) is 0 Å². The second-order valence-electron chi connectivity index (χ2n) is 3.79. The van der Waals surface area contributed by atoms with E-state index in [-0.39, 0.29) is 0 Å². The van der Waals surface area contributed by atoms with E-state index in [4.69, 9.17) is 11.6 Å². The van der Waals surface area contributed by atoms with Gasteiger partial charge in [0.2, 0.25) is 0 Å². The van der Waals surface area contributed by atoms with E-state index in [0.29, 0.717) is 0 Å². The van der Waals surface area contributed by atoms with Crippen molar-refractivity contribution < 1.29 is 4.57 Å². The topological polar surface area (TPSA) is 8.81 Å². The molecule has 0 aliphatic heterocycles. The summed E-state index contributed by atoms with van der Waals surface area (Å²) in [5, 5.41) is 0.767. The molecule has 86 valence electrons. The number of aromatic nitrogens is 2. The lowest BCUT2D eigenvalue weighted by Crippen LogP contribution is -2.35. The Kier molecular flexibility index (Phi) is 3.27. The van der Waals surface area contributed by atoms with Crippen molar-refractivity contribution in [3.8, 4) is 0 Å². The van der Waals surface area contributed by atoms with Crippen molar-refractivity contribution in [3.05, 3.63) is 27.5 Å². The van der Waals surface area contributed by atoms with Crippen LogP contribution in [0.1, 0.15) is 19.7 Å². The van der Waals surface area contributed by atoms with E-state index >= 15 is 0 Å². The Labute approximate surface area is 109 Å². The van der Waals surface area contributed by atoms with Gasteiger partial charge in [-0.15, -0.1) is 0 Å². The van der Waals surface area contributed by atoms with Crippen LogP contribution in [-0.4, -0.2) is 4.57 Å². The number of halogens is 2. The van der Waals surface area contributed by atoms with Crippen molar-refractivity contribution in [1.29, 1.82) is 0 Å². The summed E-state index contributed by atoms with van der Waals surface area (Å²) < 4.78 is 5.55. The summed E-state index contributed by atoms with van der Waals surface area (Å²) in [6, 6.07) is 4.13. The molecule has 4 heteroatoms. The van der Waals surface area contributed by atoms with E-state index in [1.807, 2.05) is 6.07 Å². The molecule has 0 radical (unpaired) electrons. The fraction of sp³-hybridized carbons (Fsp3) is 0.417. The SMILES string of the molecule is CCn1c(C)[n+](CC)c2cc(Br)c(Cl)cc21. The van der Waals surface area contributed by atoms with Crippen molar-refractivity contribution in [2.24, 2.45) is 0 Å². The van der Waals surface area contributed by atoms with Crippen LogP contribution < -0.4 is 4.57 Å². The maximum Gasteiger partial charge on any atom is 0.254 e. The molecule has 0 saturated heterocycles. The van der Waals surface area contributed by atoms with E-state index in [0.717, 1.165) is 22.6 Å². The fourth-order valence-corrected chi connectivity index (χ4v) is 2.74. The van der Waals surface area contributed by atoms with E-state index < -0.39 is 0 Å². The molecule has 0 N–H and O–H groups in total. The fourth-order valence-electron chi connectivity index (χ4n) is 2.25. The van der Waals surface area contributed by atoms with Crippen LogP contribution in [0.2, 0.25) is 5.02 Å². The first kappa shape index (κ1) is 11.9. The molecule has 2 nitrogen and oxygen atoms in total. The number of hydrogen-bond acceptors (Lipinski definition) is 0. The molecule has 0 amide bonds. The molecular weight excluding hydrogens is 288 g/mol. The Morgan fingerprint density at radius 2 is 2.06 bits per heavy atom. The van der Waals surface area contributed by atoms with Crippen LogP contribution >= 0.6 is 27.5 Å². The third kappa shape index (κ3) is 1.66. The Bertz CT molecular complexity index is 499. The Balaban J connectivity index is 2.89. The quantitative estimate of drug-likeness (QED) is 0.748. The van der Waals surface area contributed by atoms with Gasteiger partial charge in [-0.05, 0) is 29.8 Å². The van der Waals surface area contributed by atoms with Gasteiger partial charge < -0.3 is 0 Å². The predicted octanol–water partition coefficient (Wildman–Crippen LogP) is 3.69. The third-order valence-corrected chi connectivity index (χ3v) is 4.21. The van der Waals surface area contributed by atoms with Crippen LogP contribution in [0, 0.1) is 6.92 Å². The maximum absolute atomic E-state index is 6.15. The van der Waals surface area contributed by atoms with Crippen LogP contribution in [0.5, 0.6) is 0 Å². The Morgan fingerprint density at radius 1 is 1.38 bits per heavy atom. The largest absolute Gasteiger partial charge is 0.254 e. The highest BCUT2D eigenvalue weighted by Crippen LogP contribution is 2.27. The summed E-state index contributed by atoms with van der Waals surface area (Å²) >= 11 is 9.63. The maximum atomic E-state index is 6.15. The molecular formula is C12H15BrClN2+. The van der Waals surface area contributed by atoms with Crippen molar-refractivity contribution >= 4 is 38.6 Å². The van der Waals surface area contributed by atoms with Crippen LogP contribution in [0.25, 0.3) is 11.0 Å². The monoisotopic (exact) mass is 301 g/mol. The van der Waals surface area contributed by atoms with Gasteiger partial charge in [-0.2, -0.15) is 0 Å². The zero-order valence-corrected chi connectivity index (χ0v) is 12.1. The van der Waals surface area contributed by atoms with Gasteiger partial charge in [0.25, 0.3) is 5.82 Å². The summed E-state index contributed by atoms with van der Waals surface area (Å²) in [7, 11) is 0. The zero-order valence-electron chi connectivity index (χ0n) is 9.72. The molecule has 0 bridgehead atoms. The molecule has 0 saturated carbocycles. The summed E-state index contributed by atoms with van der Waals surface area (Å²) in [4.78, 5) is 0. The van der Waals surface area contributed by atoms with Gasteiger partial charge >= 0.3 is 0 Å². The smallest absolute Gasteiger partial charge is 0.228 e. The lowest BCUT2D eigenvalue weighted by Gasteiger charge is -1.96. The van der Waals surface area contributed by atoms with Gasteiger partial charge in [-0.3, -0.25) is 0 Å². The minimum absolute atomic E-state index is 0.767. The van der Waals surface area contributed by atoms with Crippen LogP contribution in [0.4, 0.5) is 0 Å². The molecule has 1 heterocycles. The summed E-state index contributed by atoms with van der Waals surface area (Å²) in [5.74, 6) is 1.27. The number of imidazole rings is 1. The van der Waals surface area contributed by atoms with Gasteiger partial charge in [0.15, 0.2) is 11.0 Å². The Hall–Kier alpha value is -0.540. The predicted molar refractivity (Wildman–Crippen MR) is 70.9 cm³/mol. The first-order valence-electron chi connectivity index (χ1n) is 5.47. The van der Waals surface area contributed by atoms with Crippen LogP contribution in [0.15, 0.2) is 16.6 Å². The minimum Gasteiger partial charge on any atom is -0.228 e. The number of aryl methyl sites for hydroxylation is 2. The van der Waals surface area contributed by atoms with E-state index in [1.165, 1.54) is 16.9 Å². The van der Waals surface area contributed by atoms with Gasteiger partial charge in [0.1, 0.15) is 0 Å². The number of hydrogen-bond donors (Lipinski definition) is 0. The van der Waals surface area contributed by atoms with Crippen LogP contribution in [0.3, 0.4) is 0 Å². The standard InChI is InChI=1S/C12H15BrClN2/c1-4-15-8(3)16(5-2)12-7-10(14)9(13)6-11(12)15/h6-7H,4-5H2,1-3H3/q+1. The average molecular weight is 303 g/mol. The van der Waals surface area contributed by atoms with Crippen molar-refractivity contribution in [3.63, 3.8) is 0 Å². The molecule has 2 rings (SSSR count). The molecule has 16 heavy (non-hydrogen) atoms. The second-order valence-corrected chi connectivity index (χ2v) is 5.05. The normalized spacial score (nSPS) is 11.3. The van der Waals surface area contributed by atoms with Crippen molar-refractivity contribution in [2.45, 2.75) is 33.9 Å². The van der Waals surface area contributed by atoms with Gasteiger partial charge in [0.05, 0.1) is 18.1 Å². The Morgan fingerprint density at radius 3 is 2.62 bits per heavy atom. The second kappa shape index (κ2) is 4.38. The summed E-state index contributed by atoms with van der Waals surface area (Å²) in [6.07, 6.45) is 0. The lowest BCUT2D eigenvalue weighted by atomic mass is 10.3. The molecule has 0 aliphatic carbocycles. The molecule has 0 aliphatic rings. The molecule has 0 atom stereocenters. The van der Waals surface area contributed by atoms with E-state index in [1.54, 1.807) is 0 Å². The van der Waals surface area contributed by atoms with Crippen molar-refractivity contribution in [2.75, 3.05) is 0 Å². The molecule has 1 aromatic heterocycles. The third-order valence-electron chi connectivity index (χ3n) is 3.01. The molecule has 0 spiro atoms. The number of fused-ring (bicyclic) bond motifs is 1. The zero-order chi connectivity index (χ0) is 11.9. The highest BCUT2D eigenvalue weighted by molar-refractivity contribution is 9.10. The molecule has 2 aromatic rings. The molecule has 0 fully saturated rings. The molecule has 1 aromatic carbocycles. The highest BCUT2D eigenvalue weighted by Gasteiger charge is 2.20. The average Bonchev–Trinajstić information content (AvgIpc) is 2.50. The number of benzene rings is 1. The van der Waals surface area contributed by atoms with E-state index in [2.05, 4.69) is 51.9 Å². The number of rotatable bonds is 2. The lowest BCUT2D eigenvalue weighted by molar-refractivity contribution is -0.675. The van der Waals surface area contributed by atoms with Crippen molar-refractivity contribution in [1.82, 2.24) is 4.57 Å². The van der Waals surface area contributed by atoms with Crippen LogP contribution in [-0.2, 0) is 13.1 Å². The first-order chi connectivity index (χ1) is 7.60. The van der Waals surface area contributed by atoms with Gasteiger partial charge in [-0.25, -0.2) is 9.13 Å². The minimum atomic E-state index is 0.767. The van der Waals surface area contributed by atoms with Gasteiger partial charge in [-0.1, -0.05) is 11.6 Å². The summed E-state index contributed by atoms with van der Waals surface area (Å²) in [6.45, 7) is 8.41. The summed E-state index contributed by atoms with van der Waals surface area (Å²) in [5.41, 5.74) is 2.44. The highest BCUT2D eigenvalue weighted by atomic mass is 79.9. The van der Waals surface area contributed by atoms with Gasteiger partial charge in [0, 0.05) is 23.5 Å². The number of nitrogens with zero attached hydrogens (tertiary/aromatic N) is 2.